The fourth-order valence-corrected chi connectivity index (χ4v) is 3.40. The highest BCUT2D eigenvalue weighted by Crippen LogP contribution is 2.25. The van der Waals surface area contributed by atoms with Gasteiger partial charge in [-0.25, -0.2) is 4.79 Å². The molecule has 0 saturated heterocycles. The van der Waals surface area contributed by atoms with Crippen LogP contribution in [0.4, 0.5) is 0 Å². The first-order valence-corrected chi connectivity index (χ1v) is 8.61. The second-order valence-corrected chi connectivity index (χ2v) is 6.45. The molecule has 6 heteroatoms. The zero-order valence-corrected chi connectivity index (χ0v) is 16.1. The lowest BCUT2D eigenvalue weighted by atomic mass is 10.0. The molecule has 0 fully saturated rings. The number of ether oxygens (including phenoxy) is 2. The lowest BCUT2D eigenvalue weighted by molar-refractivity contribution is -0.137. The van der Waals surface area contributed by atoms with Crippen LogP contribution < -0.4 is 4.74 Å². The molecule has 3 rings (SSSR count). The topological polar surface area (TPSA) is 69.9 Å². The third kappa shape index (κ3) is 3.30. The lowest BCUT2D eigenvalue weighted by Crippen LogP contribution is -2.20. The average Bonchev–Trinajstić information content (AvgIpc) is 3.10. The molecule has 6 nitrogen and oxygen atoms in total. The molecule has 1 aromatic carbocycles. The third-order valence-electron chi connectivity index (χ3n) is 4.77. The van der Waals surface area contributed by atoms with E-state index in [0.717, 1.165) is 28.4 Å². The van der Waals surface area contributed by atoms with E-state index in [0.29, 0.717) is 17.8 Å². The summed E-state index contributed by atoms with van der Waals surface area (Å²) in [6.45, 7) is 5.67. The molecule has 0 unspecified atom stereocenters. The van der Waals surface area contributed by atoms with Crippen molar-refractivity contribution in [3.63, 3.8) is 0 Å². The predicted octanol–water partition coefficient (Wildman–Crippen LogP) is 3.12. The number of aryl methyl sites for hydroxylation is 1. The largest absolute Gasteiger partial charge is 0.497 e. The van der Waals surface area contributed by atoms with Gasteiger partial charge in [0.2, 0.25) is 5.78 Å². The summed E-state index contributed by atoms with van der Waals surface area (Å²) in [6, 6.07) is 9.84. The van der Waals surface area contributed by atoms with Crippen molar-refractivity contribution >= 4 is 17.5 Å². The smallest absolute Gasteiger partial charge is 0.343 e. The second-order valence-electron chi connectivity index (χ2n) is 6.45. The minimum absolute atomic E-state index is 0.0245. The molecular formula is C21H22N2O4. The number of hydrogen-bond acceptors (Lipinski definition) is 5. The van der Waals surface area contributed by atoms with Crippen LogP contribution >= 0.6 is 0 Å². The van der Waals surface area contributed by atoms with E-state index in [2.05, 4.69) is 9.56 Å². The molecule has 0 amide bonds. The number of rotatable bonds is 5. The van der Waals surface area contributed by atoms with Gasteiger partial charge in [0.05, 0.1) is 25.6 Å². The molecule has 1 aliphatic heterocycles. The summed E-state index contributed by atoms with van der Waals surface area (Å²) in [5, 5.41) is 0. The van der Waals surface area contributed by atoms with Crippen molar-refractivity contribution in [2.75, 3.05) is 14.2 Å². The standard InChI is InChI=1S/C21H22N2O4/c1-12-10-15(11-18-20(24)19(13(2)22-18)21(25)27-5)14(3)23(12)16-6-8-17(26-4)9-7-16/h6-10H,11H2,1-5H3. The second kappa shape index (κ2) is 7.23. The summed E-state index contributed by atoms with van der Waals surface area (Å²) in [4.78, 5) is 28.7. The molecule has 2 aromatic rings. The lowest BCUT2D eigenvalue weighted by Gasteiger charge is -2.11. The average molecular weight is 366 g/mol. The number of aromatic nitrogens is 1. The Morgan fingerprint density at radius 1 is 1.11 bits per heavy atom. The van der Waals surface area contributed by atoms with Gasteiger partial charge in [-0.2, -0.15) is 0 Å². The van der Waals surface area contributed by atoms with Crippen LogP contribution in [-0.2, 0) is 20.7 Å². The van der Waals surface area contributed by atoms with Crippen molar-refractivity contribution in [1.82, 2.24) is 4.57 Å². The van der Waals surface area contributed by atoms with Crippen molar-refractivity contribution < 1.29 is 19.1 Å². The predicted molar refractivity (Wildman–Crippen MR) is 103 cm³/mol. The van der Waals surface area contributed by atoms with Gasteiger partial charge in [-0.15, -0.1) is 0 Å². The van der Waals surface area contributed by atoms with Crippen LogP contribution in [0.15, 0.2) is 46.6 Å². The van der Waals surface area contributed by atoms with Gasteiger partial charge in [0.25, 0.3) is 0 Å². The number of methoxy groups -OCH3 is 2. The van der Waals surface area contributed by atoms with Crippen LogP contribution in [0, 0.1) is 13.8 Å². The maximum atomic E-state index is 12.6. The van der Waals surface area contributed by atoms with E-state index in [9.17, 15) is 9.59 Å². The molecule has 0 bridgehead atoms. The number of allylic oxidation sites excluding steroid dienone is 1. The van der Waals surface area contributed by atoms with E-state index in [-0.39, 0.29) is 11.4 Å². The highest BCUT2D eigenvalue weighted by atomic mass is 16.5. The van der Waals surface area contributed by atoms with Crippen LogP contribution in [0.5, 0.6) is 5.75 Å². The van der Waals surface area contributed by atoms with Crippen molar-refractivity contribution in [3.05, 3.63) is 58.6 Å². The summed E-state index contributed by atoms with van der Waals surface area (Å²) in [7, 11) is 2.90. The van der Waals surface area contributed by atoms with E-state index < -0.39 is 5.97 Å². The first-order valence-electron chi connectivity index (χ1n) is 8.61. The van der Waals surface area contributed by atoms with E-state index >= 15 is 0 Å². The Bertz CT molecular complexity index is 978. The summed E-state index contributed by atoms with van der Waals surface area (Å²) in [5.74, 6) is -0.196. The first-order chi connectivity index (χ1) is 12.9. The summed E-state index contributed by atoms with van der Waals surface area (Å²) in [5.41, 5.74) is 4.88. The number of ketones is 1. The highest BCUT2D eigenvalue weighted by molar-refractivity contribution is 6.53. The molecule has 27 heavy (non-hydrogen) atoms. The van der Waals surface area contributed by atoms with E-state index in [1.165, 1.54) is 7.11 Å². The molecular weight excluding hydrogens is 344 g/mol. The molecule has 0 saturated carbocycles. The fourth-order valence-electron chi connectivity index (χ4n) is 3.40. The molecule has 0 spiro atoms. The van der Waals surface area contributed by atoms with Gasteiger partial charge in [-0.05, 0) is 56.7 Å². The Morgan fingerprint density at radius 2 is 1.78 bits per heavy atom. The van der Waals surface area contributed by atoms with Crippen molar-refractivity contribution in [2.24, 2.45) is 4.99 Å². The van der Waals surface area contributed by atoms with Crippen molar-refractivity contribution in [1.29, 1.82) is 0 Å². The molecule has 1 aliphatic rings. The molecule has 0 N–H and O–H groups in total. The van der Waals surface area contributed by atoms with Gasteiger partial charge in [-0.1, -0.05) is 0 Å². The van der Waals surface area contributed by atoms with Gasteiger partial charge in [0, 0.05) is 23.5 Å². The number of aliphatic imine (C=N–C) groups is 1. The van der Waals surface area contributed by atoms with Gasteiger partial charge in [0.15, 0.2) is 0 Å². The van der Waals surface area contributed by atoms with E-state index in [1.54, 1.807) is 14.0 Å². The van der Waals surface area contributed by atoms with Crippen LogP contribution in [0.1, 0.15) is 23.9 Å². The Labute approximate surface area is 158 Å². The van der Waals surface area contributed by atoms with E-state index in [4.69, 9.17) is 9.47 Å². The van der Waals surface area contributed by atoms with Crippen LogP contribution in [0.2, 0.25) is 0 Å². The van der Waals surface area contributed by atoms with Crippen molar-refractivity contribution in [2.45, 2.75) is 27.2 Å². The highest BCUT2D eigenvalue weighted by Gasteiger charge is 2.32. The summed E-state index contributed by atoms with van der Waals surface area (Å²) < 4.78 is 12.0. The molecule has 2 heterocycles. The minimum Gasteiger partial charge on any atom is -0.497 e. The maximum absolute atomic E-state index is 12.6. The Kier molecular flexibility index (Phi) is 4.99. The van der Waals surface area contributed by atoms with Crippen LogP contribution in [0.3, 0.4) is 0 Å². The van der Waals surface area contributed by atoms with Crippen LogP contribution in [-0.4, -0.2) is 36.3 Å². The number of carbonyl (C=O) groups is 2. The number of carbonyl (C=O) groups excluding carboxylic acids is 2. The number of esters is 1. The SMILES string of the molecule is COC(=O)C1=C(C)N=C(Cc2cc(C)n(-c3ccc(OC)cc3)c2C)C1=O. The zero-order valence-electron chi connectivity index (χ0n) is 16.1. The fraction of sp³-hybridized carbons (Fsp3) is 0.286. The molecule has 1 aromatic heterocycles. The zero-order chi connectivity index (χ0) is 19.7. The first kappa shape index (κ1) is 18.6. The third-order valence-corrected chi connectivity index (χ3v) is 4.77. The monoisotopic (exact) mass is 366 g/mol. The Morgan fingerprint density at radius 3 is 2.37 bits per heavy atom. The number of nitrogens with zero attached hydrogens (tertiary/aromatic N) is 2. The maximum Gasteiger partial charge on any atom is 0.343 e. The summed E-state index contributed by atoms with van der Waals surface area (Å²) >= 11 is 0. The molecule has 0 radical (unpaired) electrons. The van der Waals surface area contributed by atoms with Gasteiger partial charge < -0.3 is 14.0 Å². The molecule has 0 aliphatic carbocycles. The Hall–Kier alpha value is -3.15. The van der Waals surface area contributed by atoms with Gasteiger partial charge >= 0.3 is 5.97 Å². The quantitative estimate of drug-likeness (QED) is 0.602. The summed E-state index contributed by atoms with van der Waals surface area (Å²) in [6.07, 6.45) is 0.368. The number of hydrogen-bond donors (Lipinski definition) is 0. The van der Waals surface area contributed by atoms with Crippen LogP contribution in [0.25, 0.3) is 5.69 Å². The van der Waals surface area contributed by atoms with Gasteiger partial charge in [-0.3, -0.25) is 9.79 Å². The minimum atomic E-state index is -0.639. The van der Waals surface area contributed by atoms with Crippen molar-refractivity contribution in [3.8, 4) is 11.4 Å². The normalized spacial score (nSPS) is 13.8. The number of benzene rings is 1. The van der Waals surface area contributed by atoms with E-state index in [1.807, 2.05) is 44.2 Å². The Balaban J connectivity index is 1.89. The molecule has 140 valence electrons. The molecule has 0 atom stereocenters. The number of Topliss-reactive ketones (excluding diaryl/α,β-unsaturated/α-hetero) is 1. The van der Waals surface area contributed by atoms with Gasteiger partial charge in [0.1, 0.15) is 11.3 Å².